The van der Waals surface area contributed by atoms with Gasteiger partial charge in [0.1, 0.15) is 0 Å². The fourth-order valence-electron chi connectivity index (χ4n) is 4.79. The van der Waals surface area contributed by atoms with E-state index in [0.29, 0.717) is 6.42 Å². The van der Waals surface area contributed by atoms with Gasteiger partial charge in [0.05, 0.1) is 16.5 Å². The number of ketones is 1. The summed E-state index contributed by atoms with van der Waals surface area (Å²) in [7, 11) is 0. The number of benzene rings is 2. The second kappa shape index (κ2) is 6.49. The molecule has 150 valence electrons. The van der Waals surface area contributed by atoms with E-state index in [0.717, 1.165) is 45.3 Å². The predicted molar refractivity (Wildman–Crippen MR) is 116 cm³/mol. The first-order valence-corrected chi connectivity index (χ1v) is 9.99. The summed E-state index contributed by atoms with van der Waals surface area (Å²) in [6.07, 6.45) is 2.99. The van der Waals surface area contributed by atoms with E-state index in [9.17, 15) is 14.9 Å². The minimum atomic E-state index is -0.412. The van der Waals surface area contributed by atoms with Gasteiger partial charge in [0.15, 0.2) is 5.78 Å². The molecule has 3 aromatic rings. The quantitative estimate of drug-likeness (QED) is 0.457. The third-order valence-electron chi connectivity index (χ3n) is 6.01. The Morgan fingerprint density at radius 2 is 1.97 bits per heavy atom. The highest BCUT2D eigenvalue weighted by Gasteiger charge is 2.41. The second-order valence-electron chi connectivity index (χ2n) is 8.82. The van der Waals surface area contributed by atoms with E-state index in [-0.39, 0.29) is 16.9 Å². The van der Waals surface area contributed by atoms with Crippen molar-refractivity contribution in [1.29, 1.82) is 0 Å². The zero-order valence-electron chi connectivity index (χ0n) is 16.8. The summed E-state index contributed by atoms with van der Waals surface area (Å²) in [5, 5.41) is 15.8. The second-order valence-corrected chi connectivity index (χ2v) is 8.82. The van der Waals surface area contributed by atoms with E-state index in [1.807, 2.05) is 30.3 Å². The first-order valence-electron chi connectivity index (χ1n) is 9.99. The lowest BCUT2D eigenvalue weighted by Gasteiger charge is -2.40. The van der Waals surface area contributed by atoms with Crippen molar-refractivity contribution in [3.05, 3.63) is 81.5 Å². The van der Waals surface area contributed by atoms with Crippen molar-refractivity contribution < 1.29 is 9.72 Å². The summed E-state index contributed by atoms with van der Waals surface area (Å²) in [4.78, 5) is 28.7. The van der Waals surface area contributed by atoms with Crippen LogP contribution in [0, 0.1) is 15.5 Å². The lowest BCUT2D eigenvalue weighted by atomic mass is 9.68. The van der Waals surface area contributed by atoms with Gasteiger partial charge in [0.25, 0.3) is 5.69 Å². The molecule has 0 saturated carbocycles. The maximum Gasteiger partial charge on any atom is 0.269 e. The highest BCUT2D eigenvalue weighted by molar-refractivity contribution is 6.12. The van der Waals surface area contributed by atoms with Crippen LogP contribution in [0.1, 0.15) is 43.9 Å². The summed E-state index contributed by atoms with van der Waals surface area (Å²) in [5.74, 6) is 0.0943. The van der Waals surface area contributed by atoms with E-state index < -0.39 is 11.0 Å². The van der Waals surface area contributed by atoms with Crippen LogP contribution in [-0.2, 0) is 4.79 Å². The fourth-order valence-corrected chi connectivity index (χ4v) is 4.79. The van der Waals surface area contributed by atoms with Crippen LogP contribution in [0.2, 0.25) is 0 Å². The number of nitro groups is 1. The maximum atomic E-state index is 13.3. The molecule has 6 nitrogen and oxygen atoms in total. The zero-order valence-corrected chi connectivity index (χ0v) is 16.8. The topological polar surface area (TPSA) is 85.1 Å². The van der Waals surface area contributed by atoms with Gasteiger partial charge in [0, 0.05) is 47.0 Å². The number of fused-ring (bicyclic) bond motifs is 4. The number of carbonyl (C=O) groups is 1. The number of nitro benzene ring substituents is 1. The van der Waals surface area contributed by atoms with Crippen molar-refractivity contribution >= 4 is 33.6 Å². The predicted octanol–water partition coefficient (Wildman–Crippen LogP) is 5.45. The number of hydrogen-bond acceptors (Lipinski definition) is 5. The average molecular weight is 399 g/mol. The summed E-state index contributed by atoms with van der Waals surface area (Å²) in [6, 6.07) is 14.0. The van der Waals surface area contributed by atoms with Crippen molar-refractivity contribution in [2.45, 2.75) is 32.7 Å². The van der Waals surface area contributed by atoms with E-state index >= 15 is 0 Å². The molecule has 5 rings (SSSR count). The van der Waals surface area contributed by atoms with Gasteiger partial charge < -0.3 is 5.32 Å². The zero-order chi connectivity index (χ0) is 21.0. The van der Waals surface area contributed by atoms with Gasteiger partial charge in [-0.3, -0.25) is 19.9 Å². The van der Waals surface area contributed by atoms with Crippen LogP contribution in [0.15, 0.2) is 60.3 Å². The van der Waals surface area contributed by atoms with Gasteiger partial charge in [-0.05, 0) is 41.2 Å². The van der Waals surface area contributed by atoms with Crippen LogP contribution >= 0.6 is 0 Å². The Kier molecular flexibility index (Phi) is 4.00. The third-order valence-corrected chi connectivity index (χ3v) is 6.01. The number of allylic oxidation sites excluding steroid dienone is 1. The minimum Gasteiger partial charge on any atom is -0.373 e. The maximum absolute atomic E-state index is 13.3. The highest BCUT2D eigenvalue weighted by Crippen LogP contribution is 2.51. The summed E-state index contributed by atoms with van der Waals surface area (Å²) >= 11 is 0. The van der Waals surface area contributed by atoms with Crippen molar-refractivity contribution in [3.63, 3.8) is 0 Å². The molecule has 1 N–H and O–H groups in total. The number of nitrogens with zero attached hydrogens (tertiary/aromatic N) is 2. The molecule has 1 aliphatic heterocycles. The van der Waals surface area contributed by atoms with Gasteiger partial charge in [-0.2, -0.15) is 0 Å². The Bertz CT molecular complexity index is 1260. The van der Waals surface area contributed by atoms with Crippen molar-refractivity contribution in [2.24, 2.45) is 5.41 Å². The molecule has 0 fully saturated rings. The van der Waals surface area contributed by atoms with Gasteiger partial charge >= 0.3 is 0 Å². The molecule has 1 atom stereocenters. The summed E-state index contributed by atoms with van der Waals surface area (Å²) in [5.41, 5.74) is 5.18. The number of non-ortho nitro benzene ring substituents is 1. The van der Waals surface area contributed by atoms with E-state index in [4.69, 9.17) is 0 Å². The molecule has 2 heterocycles. The first kappa shape index (κ1) is 18.5. The molecule has 30 heavy (non-hydrogen) atoms. The lowest BCUT2D eigenvalue weighted by molar-refractivity contribution is -0.384. The number of rotatable bonds is 2. The van der Waals surface area contributed by atoms with Crippen LogP contribution < -0.4 is 5.32 Å². The van der Waals surface area contributed by atoms with Gasteiger partial charge in [-0.25, -0.2) is 0 Å². The third kappa shape index (κ3) is 2.87. The minimum absolute atomic E-state index is 0.0218. The van der Waals surface area contributed by atoms with Crippen LogP contribution in [0.3, 0.4) is 0 Å². The summed E-state index contributed by atoms with van der Waals surface area (Å²) < 4.78 is 0. The largest absolute Gasteiger partial charge is 0.373 e. The Morgan fingerprint density at radius 3 is 2.77 bits per heavy atom. The highest BCUT2D eigenvalue weighted by atomic mass is 16.6. The number of pyridine rings is 1. The molecule has 1 unspecified atom stereocenters. The molecule has 0 amide bonds. The molecule has 1 aliphatic carbocycles. The van der Waals surface area contributed by atoms with Gasteiger partial charge in [-0.15, -0.1) is 0 Å². The smallest absolute Gasteiger partial charge is 0.269 e. The summed E-state index contributed by atoms with van der Waals surface area (Å²) in [6.45, 7) is 4.23. The van der Waals surface area contributed by atoms with E-state index in [1.165, 1.54) is 6.07 Å². The number of Topliss-reactive ketones (excluding diaryl/α,β-unsaturated/α-hetero) is 1. The molecular formula is C24H21N3O3. The molecule has 6 heteroatoms. The van der Waals surface area contributed by atoms with Crippen LogP contribution in [0.4, 0.5) is 11.4 Å². The normalized spacial score (nSPS) is 19.8. The fraction of sp³-hybridized carbons (Fsp3) is 0.250. The van der Waals surface area contributed by atoms with Gasteiger partial charge in [0.2, 0.25) is 0 Å². The molecular weight excluding hydrogens is 378 g/mol. The molecule has 0 saturated heterocycles. The van der Waals surface area contributed by atoms with Crippen LogP contribution in [0.25, 0.3) is 16.5 Å². The van der Waals surface area contributed by atoms with Crippen LogP contribution in [-0.4, -0.2) is 15.7 Å². The SMILES string of the molecule is CC1(C)CC(=O)C2=C(C1)c1c(ccc3ncccc13)NC2c1cccc([N+](=O)[O-])c1. The lowest BCUT2D eigenvalue weighted by Crippen LogP contribution is -2.33. The first-order chi connectivity index (χ1) is 14.3. The Labute approximate surface area is 173 Å². The van der Waals surface area contributed by atoms with Gasteiger partial charge in [-0.1, -0.05) is 32.0 Å². The monoisotopic (exact) mass is 399 g/mol. The molecule has 2 aromatic carbocycles. The van der Waals surface area contributed by atoms with E-state index in [1.54, 1.807) is 18.3 Å². The molecule has 1 aromatic heterocycles. The number of hydrogen-bond donors (Lipinski definition) is 1. The Morgan fingerprint density at radius 1 is 1.13 bits per heavy atom. The molecule has 0 spiro atoms. The molecule has 2 aliphatic rings. The molecule has 0 bridgehead atoms. The number of aromatic nitrogens is 1. The Balaban J connectivity index is 1.78. The standard InChI is InChI=1S/C24H21N3O3/c1-24(2)12-17-21-16-7-4-10-25-18(16)8-9-19(21)26-23(22(17)20(28)13-24)14-5-3-6-15(11-14)27(29)30/h3-11,23,26H,12-13H2,1-2H3. The number of nitrogens with one attached hydrogen (secondary N) is 1. The van der Waals surface area contributed by atoms with Crippen molar-refractivity contribution in [3.8, 4) is 0 Å². The van der Waals surface area contributed by atoms with Crippen LogP contribution in [0.5, 0.6) is 0 Å². The average Bonchev–Trinajstić information content (AvgIpc) is 2.71. The number of carbonyl (C=O) groups excluding carboxylic acids is 1. The van der Waals surface area contributed by atoms with E-state index in [2.05, 4.69) is 24.1 Å². The molecule has 0 radical (unpaired) electrons. The van der Waals surface area contributed by atoms with Crippen molar-refractivity contribution in [1.82, 2.24) is 4.98 Å². The van der Waals surface area contributed by atoms with Crippen molar-refractivity contribution in [2.75, 3.05) is 5.32 Å². The Hall–Kier alpha value is -3.54. The number of anilines is 1.